The highest BCUT2D eigenvalue weighted by Crippen LogP contribution is 2.37. The molecule has 12 nitrogen and oxygen atoms in total. The van der Waals surface area contributed by atoms with E-state index in [2.05, 4.69) is 0 Å². The van der Waals surface area contributed by atoms with Crippen LogP contribution in [0.1, 0.15) is 127 Å². The molecule has 2 aliphatic rings. The number of aliphatic hydroxyl groups is 7. The van der Waals surface area contributed by atoms with Crippen molar-refractivity contribution in [2.24, 2.45) is 29.6 Å². The summed E-state index contributed by atoms with van der Waals surface area (Å²) in [5.41, 5.74) is 1.60. The predicted molar refractivity (Wildman–Crippen MR) is 232 cm³/mol. The Balaban J connectivity index is 2.40. The van der Waals surface area contributed by atoms with Gasteiger partial charge in [-0.3, -0.25) is 9.59 Å². The summed E-state index contributed by atoms with van der Waals surface area (Å²) >= 11 is 0. The second kappa shape index (κ2) is 25.1. The molecule has 0 aromatic carbocycles. The van der Waals surface area contributed by atoms with Gasteiger partial charge in [-0.1, -0.05) is 95.2 Å². The van der Waals surface area contributed by atoms with Gasteiger partial charge in [0.05, 0.1) is 36.6 Å². The van der Waals surface area contributed by atoms with Gasteiger partial charge in [0.2, 0.25) is 0 Å². The van der Waals surface area contributed by atoms with E-state index in [4.69, 9.17) is 9.47 Å². The van der Waals surface area contributed by atoms with E-state index in [1.807, 2.05) is 45.9 Å². The molecule has 7 N–H and O–H groups in total. The Hall–Kier alpha value is -3.07. The summed E-state index contributed by atoms with van der Waals surface area (Å²) in [6.45, 7) is 17.4. The van der Waals surface area contributed by atoms with E-state index in [0.717, 1.165) is 6.08 Å². The number of ether oxygens (including phenoxy) is 2. The Morgan fingerprint density at radius 3 is 2.27 bits per heavy atom. The molecule has 2 bridgehead atoms. The molecule has 14 unspecified atom stereocenters. The standard InChI is InChI=1S/C48H76O12/c1-11-38(49)36(10)41(52)26-43(54)42(53)23-29(3)22-32(6)45-27-40(51)31(5)16-14-12-13-15-30(4)39(50)25-37-18-17-35(9)48(58,60-37)20-19-28(2)21-33(7)46(56)44(55)24-34(8)47(57)59-45/h12-14,16,19,21,23-24,30-32,35-38,40-43,45-46,49,51-54,56,58H,11,15,17-18,20,22,25-27H2,1-10H3/b13-12-,16-14-,28-19-,29-23+,33-21-,34-24-. The molecule has 0 amide bonds. The van der Waals surface area contributed by atoms with Gasteiger partial charge in [-0.2, -0.15) is 0 Å². The van der Waals surface area contributed by atoms with Gasteiger partial charge in [-0.05, 0) is 77.4 Å². The lowest BCUT2D eigenvalue weighted by Gasteiger charge is -2.41. The number of ketones is 2. The first kappa shape index (κ1) is 53.1. The third kappa shape index (κ3) is 17.0. The average molecular weight is 845 g/mol. The smallest absolute Gasteiger partial charge is 0.334 e. The normalized spacial score (nSPS) is 35.8. The molecule has 12 heteroatoms. The van der Waals surface area contributed by atoms with Crippen LogP contribution in [0.2, 0.25) is 0 Å². The van der Waals surface area contributed by atoms with Crippen LogP contribution >= 0.6 is 0 Å². The summed E-state index contributed by atoms with van der Waals surface area (Å²) in [4.78, 5) is 39.8. The number of allylic oxidation sites excluding steroid dienone is 6. The number of hydrogen-bond acceptors (Lipinski definition) is 12. The van der Waals surface area contributed by atoms with Crippen LogP contribution in [0.15, 0.2) is 70.9 Å². The lowest BCUT2D eigenvalue weighted by atomic mass is 9.85. The van der Waals surface area contributed by atoms with Crippen molar-refractivity contribution in [3.05, 3.63) is 70.9 Å². The van der Waals surface area contributed by atoms with E-state index >= 15 is 0 Å². The second-order valence-electron chi connectivity index (χ2n) is 17.9. The number of fused-ring (bicyclic) bond motifs is 2. The highest BCUT2D eigenvalue weighted by atomic mass is 16.6. The van der Waals surface area contributed by atoms with Crippen LogP contribution in [-0.2, 0) is 23.9 Å². The third-order valence-electron chi connectivity index (χ3n) is 12.3. The van der Waals surface area contributed by atoms with Crippen LogP contribution in [0.25, 0.3) is 0 Å². The Morgan fingerprint density at radius 2 is 1.62 bits per heavy atom. The van der Waals surface area contributed by atoms with Crippen LogP contribution in [-0.4, -0.2) is 108 Å². The number of hydrogen-bond donors (Lipinski definition) is 7. The maximum absolute atomic E-state index is 13.5. The van der Waals surface area contributed by atoms with Crippen LogP contribution in [0.3, 0.4) is 0 Å². The van der Waals surface area contributed by atoms with Crippen LogP contribution in [0, 0.1) is 29.6 Å². The van der Waals surface area contributed by atoms with Gasteiger partial charge in [-0.15, -0.1) is 0 Å². The van der Waals surface area contributed by atoms with Gasteiger partial charge in [0, 0.05) is 54.9 Å². The molecule has 1 saturated heterocycles. The van der Waals surface area contributed by atoms with Crippen molar-refractivity contribution in [2.45, 2.75) is 182 Å². The van der Waals surface area contributed by atoms with Crippen molar-refractivity contribution in [1.82, 2.24) is 0 Å². The van der Waals surface area contributed by atoms with E-state index in [1.54, 1.807) is 52.8 Å². The molecular formula is C48H76O12. The molecule has 14 atom stereocenters. The molecule has 0 saturated carbocycles. The zero-order valence-corrected chi connectivity index (χ0v) is 37.7. The van der Waals surface area contributed by atoms with E-state index in [-0.39, 0.29) is 54.8 Å². The maximum Gasteiger partial charge on any atom is 0.334 e. The molecular weight excluding hydrogens is 769 g/mol. The van der Waals surface area contributed by atoms with Gasteiger partial charge < -0.3 is 45.2 Å². The van der Waals surface area contributed by atoms with Crippen molar-refractivity contribution < 1.29 is 59.6 Å². The molecule has 0 aromatic heterocycles. The van der Waals surface area contributed by atoms with E-state index < -0.39 is 78.2 Å². The van der Waals surface area contributed by atoms with E-state index in [0.29, 0.717) is 48.8 Å². The summed E-state index contributed by atoms with van der Waals surface area (Å²) in [6, 6.07) is 0. The maximum atomic E-state index is 13.5. The molecule has 340 valence electrons. The number of aliphatic hydroxyl groups excluding tert-OH is 6. The molecule has 2 heterocycles. The Kier molecular flexibility index (Phi) is 22.2. The number of carbonyl (C=O) groups excluding carboxylic acids is 3. The molecule has 0 aromatic rings. The van der Waals surface area contributed by atoms with Crippen LogP contribution in [0.4, 0.5) is 0 Å². The summed E-state index contributed by atoms with van der Waals surface area (Å²) in [6.07, 6.45) is 7.81. The highest BCUT2D eigenvalue weighted by Gasteiger charge is 2.41. The number of Topliss-reactive ketones (excluding diaryl/α,β-unsaturated/α-hetero) is 1. The van der Waals surface area contributed by atoms with Crippen LogP contribution < -0.4 is 0 Å². The molecule has 0 radical (unpaired) electrons. The van der Waals surface area contributed by atoms with E-state index in [1.165, 1.54) is 13.0 Å². The molecule has 0 spiro atoms. The quantitative estimate of drug-likeness (QED) is 0.101. The molecule has 0 aliphatic carbocycles. The minimum atomic E-state index is -1.56. The fraction of sp³-hybridized carbons (Fsp3) is 0.688. The zero-order valence-electron chi connectivity index (χ0n) is 37.7. The molecule has 2 aliphatic heterocycles. The van der Waals surface area contributed by atoms with Crippen molar-refractivity contribution >= 4 is 17.5 Å². The SMILES string of the molecule is CCC(O)C(C)C(O)CC(O)C(O)/C=C(\C)CC(C)C1CC(O)C(C)/C=C\C=C/CC(C)C(=O)CC2CCC(C)C(O)(C/C=C(C)\C=C(\C)C(O)C(=O)/C=C(/C)C(=O)O1)O2. The Labute approximate surface area is 358 Å². The minimum absolute atomic E-state index is 0.0322. The zero-order chi connectivity index (χ0) is 45.5. The Morgan fingerprint density at radius 1 is 0.950 bits per heavy atom. The van der Waals surface area contributed by atoms with Gasteiger partial charge in [0.15, 0.2) is 11.6 Å². The fourth-order valence-electron chi connectivity index (χ4n) is 7.60. The summed E-state index contributed by atoms with van der Waals surface area (Å²) in [5.74, 6) is -4.74. The van der Waals surface area contributed by atoms with Gasteiger partial charge in [0.25, 0.3) is 0 Å². The van der Waals surface area contributed by atoms with E-state index in [9.17, 15) is 50.1 Å². The van der Waals surface area contributed by atoms with Crippen molar-refractivity contribution in [3.63, 3.8) is 0 Å². The minimum Gasteiger partial charge on any atom is -0.459 e. The van der Waals surface area contributed by atoms with Gasteiger partial charge in [-0.25, -0.2) is 4.79 Å². The van der Waals surface area contributed by atoms with Crippen molar-refractivity contribution in [3.8, 4) is 0 Å². The largest absolute Gasteiger partial charge is 0.459 e. The lowest BCUT2D eigenvalue weighted by Crippen LogP contribution is -2.47. The fourth-order valence-corrected chi connectivity index (χ4v) is 7.60. The Bertz CT molecular complexity index is 1590. The third-order valence-corrected chi connectivity index (χ3v) is 12.3. The summed E-state index contributed by atoms with van der Waals surface area (Å²) < 4.78 is 12.1. The lowest BCUT2D eigenvalue weighted by molar-refractivity contribution is -0.277. The van der Waals surface area contributed by atoms with Crippen molar-refractivity contribution in [2.75, 3.05) is 0 Å². The average Bonchev–Trinajstić information content (AvgIpc) is 3.19. The summed E-state index contributed by atoms with van der Waals surface area (Å²) in [7, 11) is 0. The van der Waals surface area contributed by atoms with Gasteiger partial charge >= 0.3 is 5.97 Å². The molecule has 60 heavy (non-hydrogen) atoms. The second-order valence-corrected chi connectivity index (χ2v) is 17.9. The first-order valence-electron chi connectivity index (χ1n) is 21.8. The molecule has 1 fully saturated rings. The first-order chi connectivity index (χ1) is 28.0. The topological polar surface area (TPSA) is 211 Å². The number of carbonyl (C=O) groups is 3. The molecule has 2 rings (SSSR count). The number of esters is 1. The summed E-state index contributed by atoms with van der Waals surface area (Å²) in [5, 5.41) is 75.7. The highest BCUT2D eigenvalue weighted by molar-refractivity contribution is 6.02. The van der Waals surface area contributed by atoms with Gasteiger partial charge in [0.1, 0.15) is 18.0 Å². The van der Waals surface area contributed by atoms with Crippen LogP contribution in [0.5, 0.6) is 0 Å². The van der Waals surface area contributed by atoms with Crippen molar-refractivity contribution in [1.29, 1.82) is 0 Å². The predicted octanol–water partition coefficient (Wildman–Crippen LogP) is 5.91. The first-order valence-corrected chi connectivity index (χ1v) is 21.8. The monoisotopic (exact) mass is 845 g/mol. The number of cyclic esters (lactones) is 1. The number of rotatable bonds is 10.